The predicted octanol–water partition coefficient (Wildman–Crippen LogP) is 4.36. The number of benzene rings is 1. The van der Waals surface area contributed by atoms with Gasteiger partial charge in [-0.1, -0.05) is 26.8 Å². The van der Waals surface area contributed by atoms with Crippen LogP contribution in [0, 0.1) is 5.41 Å². The molecule has 3 aromatic rings. The number of aromatic nitrogens is 1. The first-order valence-corrected chi connectivity index (χ1v) is 10.6. The van der Waals surface area contributed by atoms with E-state index in [9.17, 15) is 9.59 Å². The minimum atomic E-state index is -0.513. The maximum Gasteiger partial charge on any atom is 0.236 e. The molecule has 0 radical (unpaired) electrons. The van der Waals surface area contributed by atoms with Crippen LogP contribution in [0.2, 0.25) is 0 Å². The van der Waals surface area contributed by atoms with Crippen LogP contribution in [-0.2, 0) is 16.0 Å². The lowest BCUT2D eigenvalue weighted by atomic mass is 9.94. The molecule has 7 nitrogen and oxygen atoms in total. The monoisotopic (exact) mass is 425 g/mol. The molecule has 0 atom stereocenters. The second-order valence-corrected chi connectivity index (χ2v) is 9.03. The van der Waals surface area contributed by atoms with Crippen LogP contribution in [0.5, 0.6) is 5.75 Å². The Kier molecular flexibility index (Phi) is 5.34. The van der Waals surface area contributed by atoms with E-state index in [0.717, 1.165) is 4.88 Å². The number of carbonyl (C=O) groups is 2. The van der Waals surface area contributed by atoms with E-state index in [1.165, 1.54) is 17.6 Å². The molecule has 1 aliphatic heterocycles. The number of nitrogens with one attached hydrogen (secondary N) is 1. The van der Waals surface area contributed by atoms with Crippen molar-refractivity contribution in [3.8, 4) is 16.5 Å². The van der Waals surface area contributed by atoms with Crippen molar-refractivity contribution in [1.29, 1.82) is 0 Å². The summed E-state index contributed by atoms with van der Waals surface area (Å²) >= 11 is 1.53. The zero-order valence-corrected chi connectivity index (χ0v) is 17.9. The van der Waals surface area contributed by atoms with E-state index in [-0.39, 0.29) is 18.2 Å². The van der Waals surface area contributed by atoms with Crippen molar-refractivity contribution >= 4 is 34.5 Å². The Hall–Kier alpha value is -3.13. The van der Waals surface area contributed by atoms with Crippen molar-refractivity contribution in [1.82, 2.24) is 4.98 Å². The number of hydrogen-bond acceptors (Lipinski definition) is 6. The van der Waals surface area contributed by atoms with Crippen LogP contribution in [0.15, 0.2) is 46.4 Å². The van der Waals surface area contributed by atoms with Gasteiger partial charge in [-0.25, -0.2) is 4.98 Å². The van der Waals surface area contributed by atoms with Crippen LogP contribution >= 0.6 is 11.3 Å². The fourth-order valence-electron chi connectivity index (χ4n) is 3.18. The van der Waals surface area contributed by atoms with Crippen molar-refractivity contribution in [2.24, 2.45) is 5.41 Å². The topological polar surface area (TPSA) is 84.7 Å². The smallest absolute Gasteiger partial charge is 0.236 e. The summed E-state index contributed by atoms with van der Waals surface area (Å²) in [6.07, 6.45) is 1.59. The van der Waals surface area contributed by atoms with Crippen molar-refractivity contribution in [3.05, 3.63) is 47.7 Å². The highest BCUT2D eigenvalue weighted by Gasteiger charge is 2.32. The van der Waals surface area contributed by atoms with Gasteiger partial charge in [0.15, 0.2) is 0 Å². The van der Waals surface area contributed by atoms with E-state index in [0.29, 0.717) is 41.9 Å². The quantitative estimate of drug-likeness (QED) is 0.672. The number of hydrogen-bond donors (Lipinski definition) is 1. The maximum atomic E-state index is 12.8. The van der Waals surface area contributed by atoms with E-state index in [1.807, 2.05) is 38.3 Å². The van der Waals surface area contributed by atoms with Gasteiger partial charge in [0, 0.05) is 11.1 Å². The molecular weight excluding hydrogens is 402 g/mol. The molecule has 2 amide bonds. The Morgan fingerprint density at radius 1 is 1.27 bits per heavy atom. The van der Waals surface area contributed by atoms with E-state index in [4.69, 9.17) is 9.15 Å². The molecule has 3 heterocycles. The summed E-state index contributed by atoms with van der Waals surface area (Å²) in [4.78, 5) is 32.4. The summed E-state index contributed by atoms with van der Waals surface area (Å²) in [5, 5.41) is 4.82. The number of anilines is 2. The van der Waals surface area contributed by atoms with Crippen molar-refractivity contribution in [2.75, 3.05) is 23.4 Å². The van der Waals surface area contributed by atoms with Gasteiger partial charge in [0.2, 0.25) is 17.7 Å². The number of rotatable bonds is 4. The summed E-state index contributed by atoms with van der Waals surface area (Å²) in [5.41, 5.74) is 1.31. The van der Waals surface area contributed by atoms with E-state index in [2.05, 4.69) is 10.3 Å². The fourth-order valence-corrected chi connectivity index (χ4v) is 3.84. The number of nitrogens with zero attached hydrogens (tertiary/aromatic N) is 2. The van der Waals surface area contributed by atoms with Gasteiger partial charge in [0.25, 0.3) is 0 Å². The highest BCUT2D eigenvalue weighted by atomic mass is 32.1. The zero-order chi connectivity index (χ0) is 21.3. The summed E-state index contributed by atoms with van der Waals surface area (Å²) < 4.78 is 11.1. The largest absolute Gasteiger partial charge is 0.490 e. The molecule has 8 heteroatoms. The van der Waals surface area contributed by atoms with Gasteiger partial charge in [-0.05, 0) is 29.6 Å². The summed E-state index contributed by atoms with van der Waals surface area (Å²) in [6, 6.07) is 9.15. The SMILES string of the molecule is CC(C)(C)C(=O)N1CCOc2ccc(NC(=O)Cc3coc(-c4cccs4)n3)cc21. The molecule has 1 aliphatic rings. The van der Waals surface area contributed by atoms with Gasteiger partial charge in [-0.2, -0.15) is 0 Å². The average molecular weight is 426 g/mol. The predicted molar refractivity (Wildman–Crippen MR) is 116 cm³/mol. The highest BCUT2D eigenvalue weighted by molar-refractivity contribution is 7.13. The lowest BCUT2D eigenvalue weighted by Crippen LogP contribution is -2.44. The lowest BCUT2D eigenvalue weighted by molar-refractivity contribution is -0.126. The molecule has 1 aromatic carbocycles. The van der Waals surface area contributed by atoms with E-state index < -0.39 is 5.41 Å². The van der Waals surface area contributed by atoms with Crippen LogP contribution in [0.25, 0.3) is 10.8 Å². The maximum absolute atomic E-state index is 12.8. The Labute approximate surface area is 178 Å². The minimum Gasteiger partial charge on any atom is -0.490 e. The minimum absolute atomic E-state index is 0.0132. The van der Waals surface area contributed by atoms with Crippen LogP contribution in [0.3, 0.4) is 0 Å². The molecule has 0 aliphatic carbocycles. The Morgan fingerprint density at radius 3 is 2.83 bits per heavy atom. The third-order valence-electron chi connectivity index (χ3n) is 4.62. The lowest BCUT2D eigenvalue weighted by Gasteiger charge is -2.34. The molecule has 156 valence electrons. The van der Waals surface area contributed by atoms with Crippen LogP contribution < -0.4 is 15.0 Å². The first-order chi connectivity index (χ1) is 14.3. The second-order valence-electron chi connectivity index (χ2n) is 8.08. The van der Waals surface area contributed by atoms with Gasteiger partial charge in [0.05, 0.1) is 29.2 Å². The van der Waals surface area contributed by atoms with Crippen LogP contribution in [0.4, 0.5) is 11.4 Å². The van der Waals surface area contributed by atoms with Gasteiger partial charge < -0.3 is 19.4 Å². The van der Waals surface area contributed by atoms with Crippen molar-refractivity contribution < 1.29 is 18.7 Å². The number of thiophene rings is 1. The molecule has 0 saturated heterocycles. The third kappa shape index (κ3) is 4.23. The molecule has 0 spiro atoms. The molecule has 0 bridgehead atoms. The molecule has 0 saturated carbocycles. The number of ether oxygens (including phenoxy) is 1. The first-order valence-electron chi connectivity index (χ1n) is 9.68. The van der Waals surface area contributed by atoms with Crippen molar-refractivity contribution in [3.63, 3.8) is 0 Å². The Bertz CT molecular complexity index is 1070. The second kappa shape index (κ2) is 7.95. The standard InChI is InChI=1S/C22H23N3O4S/c1-22(2,3)21(27)25-8-9-28-17-7-6-14(11-16(17)25)23-19(26)12-15-13-29-20(24-15)18-5-4-10-30-18/h4-7,10-11,13H,8-9,12H2,1-3H3,(H,23,26). The molecule has 4 rings (SSSR count). The summed E-state index contributed by atoms with van der Waals surface area (Å²) in [7, 11) is 0. The average Bonchev–Trinajstić information content (AvgIpc) is 3.38. The van der Waals surface area contributed by atoms with E-state index in [1.54, 1.807) is 23.1 Å². The number of oxazole rings is 1. The van der Waals surface area contributed by atoms with Gasteiger partial charge in [-0.3, -0.25) is 9.59 Å². The molecule has 0 fully saturated rings. The summed E-state index contributed by atoms with van der Waals surface area (Å²) in [5.74, 6) is 0.939. The highest BCUT2D eigenvalue weighted by Crippen LogP contribution is 2.36. The zero-order valence-electron chi connectivity index (χ0n) is 17.1. The van der Waals surface area contributed by atoms with Gasteiger partial charge in [0.1, 0.15) is 18.6 Å². The van der Waals surface area contributed by atoms with Gasteiger partial charge in [-0.15, -0.1) is 11.3 Å². The molecular formula is C22H23N3O4S. The van der Waals surface area contributed by atoms with Crippen LogP contribution in [0.1, 0.15) is 26.5 Å². The molecule has 2 aromatic heterocycles. The third-order valence-corrected chi connectivity index (χ3v) is 5.48. The van der Waals surface area contributed by atoms with Crippen molar-refractivity contribution in [2.45, 2.75) is 27.2 Å². The summed E-state index contributed by atoms with van der Waals surface area (Å²) in [6.45, 7) is 6.58. The molecule has 30 heavy (non-hydrogen) atoms. The molecule has 1 N–H and O–H groups in total. The van der Waals surface area contributed by atoms with Crippen LogP contribution in [-0.4, -0.2) is 29.9 Å². The van der Waals surface area contributed by atoms with E-state index >= 15 is 0 Å². The number of fused-ring (bicyclic) bond motifs is 1. The number of amides is 2. The Morgan fingerprint density at radius 2 is 2.10 bits per heavy atom. The van der Waals surface area contributed by atoms with Gasteiger partial charge >= 0.3 is 0 Å². The first kappa shape index (κ1) is 20.2. The molecule has 0 unspecified atom stereocenters. The number of carbonyl (C=O) groups excluding carboxylic acids is 2. The normalized spacial score (nSPS) is 13.5. The Balaban J connectivity index is 1.47. The fraction of sp³-hybridized carbons (Fsp3) is 0.318.